The Kier molecular flexibility index (Phi) is 6.04. The lowest BCUT2D eigenvalue weighted by molar-refractivity contribution is 0.415. The maximum absolute atomic E-state index is 4.95. The number of hydrogen-bond donors (Lipinski definition) is 0. The lowest BCUT2D eigenvalue weighted by Gasteiger charge is -1.97. The molecule has 2 rings (SSSR count). The SMILES string of the molecule is Brc1ccccc1.C=Nc1ccc(OC)cc1. The number of halogens is 1. The van der Waals surface area contributed by atoms with E-state index in [-0.39, 0.29) is 0 Å². The molecule has 0 radical (unpaired) electrons. The molecule has 0 saturated carbocycles. The number of rotatable bonds is 2. The summed E-state index contributed by atoms with van der Waals surface area (Å²) in [5, 5.41) is 0. The maximum Gasteiger partial charge on any atom is 0.119 e. The van der Waals surface area contributed by atoms with Crippen LogP contribution in [0.15, 0.2) is 64.1 Å². The van der Waals surface area contributed by atoms with Gasteiger partial charge in [-0.15, -0.1) is 0 Å². The summed E-state index contributed by atoms with van der Waals surface area (Å²) < 4.78 is 6.09. The fraction of sp³-hybridized carbons (Fsp3) is 0.0714. The second kappa shape index (κ2) is 7.63. The van der Waals surface area contributed by atoms with E-state index in [2.05, 4.69) is 27.6 Å². The monoisotopic (exact) mass is 291 g/mol. The Labute approximate surface area is 110 Å². The van der Waals surface area contributed by atoms with E-state index in [0.29, 0.717) is 0 Å². The van der Waals surface area contributed by atoms with Gasteiger partial charge in [0.2, 0.25) is 0 Å². The molecular formula is C14H14BrNO. The lowest BCUT2D eigenvalue weighted by atomic mass is 10.3. The average Bonchev–Trinajstić information content (AvgIpc) is 2.40. The number of aliphatic imine (C=N–C) groups is 1. The molecule has 0 aromatic heterocycles. The largest absolute Gasteiger partial charge is 0.497 e. The summed E-state index contributed by atoms with van der Waals surface area (Å²) >= 11 is 3.31. The summed E-state index contributed by atoms with van der Waals surface area (Å²) in [5.74, 6) is 0.840. The van der Waals surface area contributed by atoms with E-state index in [0.717, 1.165) is 15.9 Å². The molecule has 2 aromatic rings. The molecule has 0 unspecified atom stereocenters. The van der Waals surface area contributed by atoms with Gasteiger partial charge in [-0.2, -0.15) is 0 Å². The van der Waals surface area contributed by atoms with Gasteiger partial charge >= 0.3 is 0 Å². The normalized spacial score (nSPS) is 8.82. The Morgan fingerprint density at radius 3 is 1.94 bits per heavy atom. The van der Waals surface area contributed by atoms with Gasteiger partial charge in [0.05, 0.1) is 12.8 Å². The van der Waals surface area contributed by atoms with E-state index in [1.54, 1.807) is 7.11 Å². The predicted octanol–water partition coefficient (Wildman–Crippen LogP) is 4.48. The Bertz CT molecular complexity index is 440. The van der Waals surface area contributed by atoms with Crippen molar-refractivity contribution in [3.8, 4) is 5.75 Å². The molecule has 0 aliphatic rings. The first-order valence-corrected chi connectivity index (χ1v) is 5.87. The molecule has 0 heterocycles. The van der Waals surface area contributed by atoms with Crippen LogP contribution in [0.1, 0.15) is 0 Å². The molecule has 0 N–H and O–H groups in total. The van der Waals surface area contributed by atoms with Crippen LogP contribution in [0.5, 0.6) is 5.75 Å². The van der Waals surface area contributed by atoms with E-state index >= 15 is 0 Å². The zero-order chi connectivity index (χ0) is 12.5. The maximum atomic E-state index is 4.95. The molecule has 0 amide bonds. The number of benzene rings is 2. The van der Waals surface area contributed by atoms with E-state index in [9.17, 15) is 0 Å². The molecule has 0 fully saturated rings. The van der Waals surface area contributed by atoms with Crippen LogP contribution in [0.25, 0.3) is 0 Å². The fourth-order valence-corrected chi connectivity index (χ4v) is 1.41. The third kappa shape index (κ3) is 5.31. The molecular weight excluding hydrogens is 278 g/mol. The molecule has 0 saturated heterocycles. The molecule has 0 bridgehead atoms. The van der Waals surface area contributed by atoms with Gasteiger partial charge in [0.15, 0.2) is 0 Å². The molecule has 0 aliphatic carbocycles. The second-order valence-corrected chi connectivity index (χ2v) is 4.07. The van der Waals surface area contributed by atoms with Crippen LogP contribution < -0.4 is 4.74 Å². The predicted molar refractivity (Wildman–Crippen MR) is 76.3 cm³/mol. The lowest BCUT2D eigenvalue weighted by Crippen LogP contribution is -1.79. The molecule has 3 heteroatoms. The summed E-state index contributed by atoms with van der Waals surface area (Å²) in [6, 6.07) is 17.4. The van der Waals surface area contributed by atoms with Gasteiger partial charge in [0.25, 0.3) is 0 Å². The molecule has 2 nitrogen and oxygen atoms in total. The van der Waals surface area contributed by atoms with Crippen LogP contribution in [0.3, 0.4) is 0 Å². The minimum atomic E-state index is 0.840. The van der Waals surface area contributed by atoms with Crippen molar-refractivity contribution >= 4 is 28.3 Å². The highest BCUT2D eigenvalue weighted by Crippen LogP contribution is 2.16. The van der Waals surface area contributed by atoms with Gasteiger partial charge in [-0.05, 0) is 43.1 Å². The van der Waals surface area contributed by atoms with Crippen molar-refractivity contribution < 1.29 is 4.74 Å². The number of ether oxygens (including phenoxy) is 1. The van der Waals surface area contributed by atoms with Crippen LogP contribution in [0, 0.1) is 0 Å². The summed E-state index contributed by atoms with van der Waals surface area (Å²) in [6.07, 6.45) is 0. The van der Waals surface area contributed by atoms with Crippen molar-refractivity contribution in [3.63, 3.8) is 0 Å². The zero-order valence-corrected chi connectivity index (χ0v) is 11.2. The number of hydrogen-bond acceptors (Lipinski definition) is 2. The van der Waals surface area contributed by atoms with Crippen LogP contribution in [0.2, 0.25) is 0 Å². The van der Waals surface area contributed by atoms with Crippen LogP contribution in [0.4, 0.5) is 5.69 Å². The van der Waals surface area contributed by atoms with Crippen molar-refractivity contribution in [2.45, 2.75) is 0 Å². The highest BCUT2D eigenvalue weighted by Gasteiger charge is 1.88. The van der Waals surface area contributed by atoms with Gasteiger partial charge in [-0.1, -0.05) is 34.1 Å². The van der Waals surface area contributed by atoms with Crippen molar-refractivity contribution in [2.24, 2.45) is 4.99 Å². The zero-order valence-electron chi connectivity index (χ0n) is 9.64. The first-order valence-electron chi connectivity index (χ1n) is 5.07. The second-order valence-electron chi connectivity index (χ2n) is 3.15. The average molecular weight is 292 g/mol. The van der Waals surface area contributed by atoms with Gasteiger partial charge in [-0.25, -0.2) is 0 Å². The number of methoxy groups -OCH3 is 1. The minimum absolute atomic E-state index is 0.840. The van der Waals surface area contributed by atoms with E-state index in [1.807, 2.05) is 54.6 Å². The van der Waals surface area contributed by atoms with Crippen molar-refractivity contribution in [2.75, 3.05) is 7.11 Å². The standard InChI is InChI=1S/C8H9NO.C6H5Br/c1-9-7-3-5-8(10-2)6-4-7;7-6-4-2-1-3-5-6/h3-6H,1H2,2H3;1-5H. The first-order chi connectivity index (χ1) is 8.26. The molecule has 17 heavy (non-hydrogen) atoms. The first kappa shape index (κ1) is 13.5. The highest BCUT2D eigenvalue weighted by atomic mass is 79.9. The highest BCUT2D eigenvalue weighted by molar-refractivity contribution is 9.10. The molecule has 0 aliphatic heterocycles. The molecule has 0 spiro atoms. The Hall–Kier alpha value is -1.61. The van der Waals surface area contributed by atoms with E-state index in [1.165, 1.54) is 0 Å². The quantitative estimate of drug-likeness (QED) is 0.748. The smallest absolute Gasteiger partial charge is 0.119 e. The summed E-state index contributed by atoms with van der Waals surface area (Å²) in [6.45, 7) is 3.40. The molecule has 0 atom stereocenters. The van der Waals surface area contributed by atoms with Gasteiger partial charge in [0, 0.05) is 4.47 Å². The summed E-state index contributed by atoms with van der Waals surface area (Å²) in [4.78, 5) is 3.74. The van der Waals surface area contributed by atoms with Crippen molar-refractivity contribution in [1.82, 2.24) is 0 Å². The molecule has 88 valence electrons. The van der Waals surface area contributed by atoms with E-state index in [4.69, 9.17) is 4.74 Å². The Balaban J connectivity index is 0.000000181. The van der Waals surface area contributed by atoms with Gasteiger partial charge in [0.1, 0.15) is 5.75 Å². The number of nitrogens with zero attached hydrogens (tertiary/aromatic N) is 1. The Morgan fingerprint density at radius 2 is 1.59 bits per heavy atom. The van der Waals surface area contributed by atoms with E-state index < -0.39 is 0 Å². The summed E-state index contributed by atoms with van der Waals surface area (Å²) in [5.41, 5.74) is 0.862. The van der Waals surface area contributed by atoms with Crippen LogP contribution in [-0.4, -0.2) is 13.8 Å². The van der Waals surface area contributed by atoms with Crippen LogP contribution >= 0.6 is 15.9 Å². The minimum Gasteiger partial charge on any atom is -0.497 e. The molecule has 2 aromatic carbocycles. The fourth-order valence-electron chi connectivity index (χ4n) is 1.10. The van der Waals surface area contributed by atoms with Gasteiger partial charge < -0.3 is 4.74 Å². The van der Waals surface area contributed by atoms with Crippen LogP contribution in [-0.2, 0) is 0 Å². The van der Waals surface area contributed by atoms with Crippen molar-refractivity contribution in [1.29, 1.82) is 0 Å². The summed E-state index contributed by atoms with van der Waals surface area (Å²) in [7, 11) is 1.64. The van der Waals surface area contributed by atoms with Gasteiger partial charge in [-0.3, -0.25) is 4.99 Å². The Morgan fingerprint density at radius 1 is 1.00 bits per heavy atom. The van der Waals surface area contributed by atoms with Crippen molar-refractivity contribution in [3.05, 3.63) is 59.1 Å². The third-order valence-electron chi connectivity index (χ3n) is 1.99. The topological polar surface area (TPSA) is 21.6 Å². The third-order valence-corrected chi connectivity index (χ3v) is 2.52.